The lowest BCUT2D eigenvalue weighted by Crippen LogP contribution is -2.34. The number of hydrogen-bond donors (Lipinski definition) is 2. The Kier molecular flexibility index (Phi) is 7.29. The van der Waals surface area contributed by atoms with Crippen LogP contribution in [0.5, 0.6) is 0 Å². The van der Waals surface area contributed by atoms with E-state index >= 15 is 0 Å². The average molecular weight is 530 g/mol. The number of rotatable bonds is 5. The standard InChI is InChI=1S/C27H30F3N5O3/c28-27(29,30)20-9-5-7-18(15-20)24(36)32-25-31-22-11-6-8-19(16-33-12-3-4-13-33)23(22)35(25)21-10-1-2-14-34(17-21)26(37)38/h5-9,11,15,21H,1-4,10,12-14,16-17H2,(H,37,38)(H,31,32,36). The maximum Gasteiger partial charge on any atom is 0.416 e. The van der Waals surface area contributed by atoms with Crippen LogP contribution in [0, 0.1) is 0 Å². The van der Waals surface area contributed by atoms with E-state index in [0.717, 1.165) is 62.0 Å². The average Bonchev–Trinajstić information content (AvgIpc) is 3.44. The zero-order valence-corrected chi connectivity index (χ0v) is 20.9. The molecular weight excluding hydrogens is 499 g/mol. The molecule has 0 spiro atoms. The van der Waals surface area contributed by atoms with E-state index < -0.39 is 23.7 Å². The van der Waals surface area contributed by atoms with Crippen molar-refractivity contribution in [1.29, 1.82) is 0 Å². The molecule has 1 atom stereocenters. The molecule has 202 valence electrons. The third kappa shape index (κ3) is 5.47. The molecule has 2 fully saturated rings. The number of para-hydroxylation sites is 1. The molecule has 5 rings (SSSR count). The third-order valence-corrected chi connectivity index (χ3v) is 7.35. The number of fused-ring (bicyclic) bond motifs is 1. The number of halogens is 3. The molecule has 0 aliphatic carbocycles. The van der Waals surface area contributed by atoms with Crippen LogP contribution in [0.4, 0.5) is 23.9 Å². The van der Waals surface area contributed by atoms with Crippen molar-refractivity contribution in [2.45, 2.75) is 50.9 Å². The van der Waals surface area contributed by atoms with Gasteiger partial charge in [-0.1, -0.05) is 18.2 Å². The highest BCUT2D eigenvalue weighted by Crippen LogP contribution is 2.34. The second-order valence-corrected chi connectivity index (χ2v) is 9.98. The van der Waals surface area contributed by atoms with Gasteiger partial charge < -0.3 is 14.6 Å². The quantitative estimate of drug-likeness (QED) is 0.449. The van der Waals surface area contributed by atoms with Gasteiger partial charge in [0.25, 0.3) is 5.91 Å². The van der Waals surface area contributed by atoms with Crippen molar-refractivity contribution in [2.24, 2.45) is 0 Å². The van der Waals surface area contributed by atoms with E-state index in [1.54, 1.807) is 0 Å². The zero-order valence-electron chi connectivity index (χ0n) is 20.9. The first-order valence-corrected chi connectivity index (χ1v) is 12.9. The van der Waals surface area contributed by atoms with Crippen LogP contribution >= 0.6 is 0 Å². The molecule has 2 amide bonds. The molecule has 2 aromatic carbocycles. The normalized spacial score (nSPS) is 19.0. The third-order valence-electron chi connectivity index (χ3n) is 7.35. The monoisotopic (exact) mass is 529 g/mol. The highest BCUT2D eigenvalue weighted by molar-refractivity contribution is 6.04. The number of carbonyl (C=O) groups is 2. The molecular formula is C27H30F3N5O3. The number of carboxylic acid groups (broad SMARTS) is 1. The molecule has 3 heterocycles. The first-order chi connectivity index (χ1) is 18.2. The van der Waals surface area contributed by atoms with Gasteiger partial charge in [0, 0.05) is 25.2 Å². The minimum absolute atomic E-state index is 0.135. The van der Waals surface area contributed by atoms with Crippen molar-refractivity contribution >= 4 is 29.0 Å². The second-order valence-electron chi connectivity index (χ2n) is 9.98. The summed E-state index contributed by atoms with van der Waals surface area (Å²) in [6, 6.07) is 9.73. The van der Waals surface area contributed by atoms with Gasteiger partial charge in [-0.25, -0.2) is 9.78 Å². The number of nitrogens with zero attached hydrogens (tertiary/aromatic N) is 4. The molecule has 8 nitrogen and oxygen atoms in total. The predicted octanol–water partition coefficient (Wildman–Crippen LogP) is 5.61. The van der Waals surface area contributed by atoms with Gasteiger partial charge in [-0.15, -0.1) is 0 Å². The van der Waals surface area contributed by atoms with Crippen molar-refractivity contribution in [3.63, 3.8) is 0 Å². The number of amides is 2. The van der Waals surface area contributed by atoms with E-state index in [-0.39, 0.29) is 24.1 Å². The number of carbonyl (C=O) groups excluding carboxylic acids is 1. The van der Waals surface area contributed by atoms with Gasteiger partial charge in [0.1, 0.15) is 0 Å². The van der Waals surface area contributed by atoms with E-state index in [9.17, 15) is 27.9 Å². The summed E-state index contributed by atoms with van der Waals surface area (Å²) in [5.41, 5.74) is 1.43. The molecule has 11 heteroatoms. The van der Waals surface area contributed by atoms with Crippen LogP contribution in [-0.4, -0.2) is 62.6 Å². The molecule has 1 aromatic heterocycles. The van der Waals surface area contributed by atoms with Crippen molar-refractivity contribution in [1.82, 2.24) is 19.4 Å². The van der Waals surface area contributed by atoms with Gasteiger partial charge in [-0.2, -0.15) is 13.2 Å². The Morgan fingerprint density at radius 3 is 2.50 bits per heavy atom. The Morgan fingerprint density at radius 1 is 1.03 bits per heavy atom. The van der Waals surface area contributed by atoms with E-state index in [1.807, 2.05) is 22.8 Å². The van der Waals surface area contributed by atoms with Crippen LogP contribution in [0.15, 0.2) is 42.5 Å². The fraction of sp³-hybridized carbons (Fsp3) is 0.444. The first-order valence-electron chi connectivity index (χ1n) is 12.9. The molecule has 0 bridgehead atoms. The van der Waals surface area contributed by atoms with Crippen LogP contribution in [-0.2, 0) is 12.7 Å². The smallest absolute Gasteiger partial charge is 0.416 e. The van der Waals surface area contributed by atoms with Gasteiger partial charge in [0.05, 0.1) is 22.6 Å². The topological polar surface area (TPSA) is 90.7 Å². The highest BCUT2D eigenvalue weighted by Gasteiger charge is 2.32. The minimum Gasteiger partial charge on any atom is -0.465 e. The number of aromatic nitrogens is 2. The molecule has 3 aromatic rings. The Bertz CT molecular complexity index is 1330. The largest absolute Gasteiger partial charge is 0.465 e. The Morgan fingerprint density at radius 2 is 1.76 bits per heavy atom. The molecule has 2 N–H and O–H groups in total. The summed E-state index contributed by atoms with van der Waals surface area (Å²) in [7, 11) is 0. The van der Waals surface area contributed by atoms with Gasteiger partial charge in [0.2, 0.25) is 5.95 Å². The van der Waals surface area contributed by atoms with E-state index in [2.05, 4.69) is 15.2 Å². The Labute approximate surface area is 218 Å². The fourth-order valence-electron chi connectivity index (χ4n) is 5.49. The van der Waals surface area contributed by atoms with Crippen molar-refractivity contribution in [3.05, 3.63) is 59.2 Å². The summed E-state index contributed by atoms with van der Waals surface area (Å²) < 4.78 is 41.7. The van der Waals surface area contributed by atoms with E-state index in [0.29, 0.717) is 25.0 Å². The predicted molar refractivity (Wildman–Crippen MR) is 136 cm³/mol. The van der Waals surface area contributed by atoms with Gasteiger partial charge in [0.15, 0.2) is 0 Å². The van der Waals surface area contributed by atoms with Crippen LogP contribution in [0.2, 0.25) is 0 Å². The number of likely N-dealkylation sites (tertiary alicyclic amines) is 2. The lowest BCUT2D eigenvalue weighted by molar-refractivity contribution is -0.137. The van der Waals surface area contributed by atoms with Crippen molar-refractivity contribution < 1.29 is 27.9 Å². The van der Waals surface area contributed by atoms with Gasteiger partial charge >= 0.3 is 12.3 Å². The van der Waals surface area contributed by atoms with Gasteiger partial charge in [-0.05, 0) is 75.0 Å². The van der Waals surface area contributed by atoms with E-state index in [4.69, 9.17) is 0 Å². The molecule has 1 unspecified atom stereocenters. The van der Waals surface area contributed by atoms with Crippen molar-refractivity contribution in [2.75, 3.05) is 31.5 Å². The SMILES string of the molecule is O=C(Nc1nc2cccc(CN3CCCC3)c2n1C1CCCCN(C(=O)O)C1)c1cccc(C(F)(F)F)c1. The van der Waals surface area contributed by atoms with Crippen molar-refractivity contribution in [3.8, 4) is 0 Å². The molecule has 0 saturated carbocycles. The number of hydrogen-bond acceptors (Lipinski definition) is 4. The molecule has 2 aliphatic heterocycles. The lowest BCUT2D eigenvalue weighted by atomic mass is 10.1. The van der Waals surface area contributed by atoms with E-state index in [1.165, 1.54) is 17.0 Å². The van der Waals surface area contributed by atoms with Crippen LogP contribution in [0.1, 0.15) is 59.6 Å². The zero-order chi connectivity index (χ0) is 26.9. The molecule has 0 radical (unpaired) electrons. The molecule has 38 heavy (non-hydrogen) atoms. The molecule has 2 saturated heterocycles. The number of alkyl halides is 3. The van der Waals surface area contributed by atoms with Crippen LogP contribution < -0.4 is 5.32 Å². The second kappa shape index (κ2) is 10.6. The summed E-state index contributed by atoms with van der Waals surface area (Å²) in [6.45, 7) is 3.31. The highest BCUT2D eigenvalue weighted by atomic mass is 19.4. The summed E-state index contributed by atoms with van der Waals surface area (Å²) in [5.74, 6) is -0.508. The number of nitrogens with one attached hydrogen (secondary N) is 1. The molecule has 2 aliphatic rings. The number of benzene rings is 2. The maximum atomic E-state index is 13.3. The first kappa shape index (κ1) is 26.0. The number of anilines is 1. The minimum atomic E-state index is -4.57. The summed E-state index contributed by atoms with van der Waals surface area (Å²) in [5, 5.41) is 12.5. The maximum absolute atomic E-state index is 13.3. The summed E-state index contributed by atoms with van der Waals surface area (Å²) in [6.07, 6.45) is -1.12. The fourth-order valence-corrected chi connectivity index (χ4v) is 5.49. The number of imidazole rings is 1. The summed E-state index contributed by atoms with van der Waals surface area (Å²) in [4.78, 5) is 33.5. The summed E-state index contributed by atoms with van der Waals surface area (Å²) >= 11 is 0. The van der Waals surface area contributed by atoms with Crippen LogP contribution in [0.25, 0.3) is 11.0 Å². The Balaban J connectivity index is 1.57. The van der Waals surface area contributed by atoms with Crippen LogP contribution in [0.3, 0.4) is 0 Å². The lowest BCUT2D eigenvalue weighted by Gasteiger charge is -2.26. The van der Waals surface area contributed by atoms with Gasteiger partial charge in [-0.3, -0.25) is 15.0 Å². The Hall–Kier alpha value is -3.60.